The molecular formula is C18H20N2O3. The maximum atomic E-state index is 12.4. The number of carbonyl (C=O) groups is 1. The number of hydrogen-bond acceptors (Lipinski definition) is 3. The molecule has 120 valence electrons. The molecule has 0 saturated heterocycles. The van der Waals surface area contributed by atoms with Crippen LogP contribution in [0.5, 0.6) is 0 Å². The second-order valence-corrected chi connectivity index (χ2v) is 5.33. The van der Waals surface area contributed by atoms with Gasteiger partial charge in [-0.3, -0.25) is 4.79 Å². The number of nitrogens with one attached hydrogen (secondary N) is 1. The van der Waals surface area contributed by atoms with Crippen molar-refractivity contribution in [1.82, 2.24) is 9.88 Å². The SMILES string of the molecule is COCCn1ccc2c(C(=O)NCCc3ccco3)cccc21. The summed E-state index contributed by atoms with van der Waals surface area (Å²) in [4.78, 5) is 12.4. The van der Waals surface area contributed by atoms with E-state index in [0.717, 1.165) is 23.2 Å². The highest BCUT2D eigenvalue weighted by Crippen LogP contribution is 2.20. The van der Waals surface area contributed by atoms with Crippen LogP contribution in [0, 0.1) is 0 Å². The number of amides is 1. The van der Waals surface area contributed by atoms with E-state index in [1.165, 1.54) is 0 Å². The van der Waals surface area contributed by atoms with Gasteiger partial charge >= 0.3 is 0 Å². The van der Waals surface area contributed by atoms with Gasteiger partial charge < -0.3 is 19.0 Å². The Morgan fingerprint density at radius 1 is 1.26 bits per heavy atom. The van der Waals surface area contributed by atoms with Crippen molar-refractivity contribution in [1.29, 1.82) is 0 Å². The minimum absolute atomic E-state index is 0.0633. The lowest BCUT2D eigenvalue weighted by atomic mass is 10.1. The van der Waals surface area contributed by atoms with Gasteiger partial charge in [0.1, 0.15) is 5.76 Å². The summed E-state index contributed by atoms with van der Waals surface area (Å²) in [6.45, 7) is 1.96. The third-order valence-electron chi connectivity index (χ3n) is 3.83. The van der Waals surface area contributed by atoms with E-state index < -0.39 is 0 Å². The van der Waals surface area contributed by atoms with E-state index in [9.17, 15) is 4.79 Å². The molecule has 1 amide bonds. The zero-order chi connectivity index (χ0) is 16.1. The number of carbonyl (C=O) groups excluding carboxylic acids is 1. The van der Waals surface area contributed by atoms with Gasteiger partial charge in [0.2, 0.25) is 0 Å². The Labute approximate surface area is 134 Å². The average Bonchev–Trinajstić information content (AvgIpc) is 3.22. The van der Waals surface area contributed by atoms with Crippen molar-refractivity contribution in [2.45, 2.75) is 13.0 Å². The van der Waals surface area contributed by atoms with Crippen LogP contribution in [0.3, 0.4) is 0 Å². The van der Waals surface area contributed by atoms with Gasteiger partial charge in [0.05, 0.1) is 12.9 Å². The second kappa shape index (κ2) is 7.15. The summed E-state index contributed by atoms with van der Waals surface area (Å²) in [5, 5.41) is 3.91. The first kappa shape index (κ1) is 15.4. The summed E-state index contributed by atoms with van der Waals surface area (Å²) >= 11 is 0. The molecule has 1 N–H and O–H groups in total. The van der Waals surface area contributed by atoms with Crippen molar-refractivity contribution in [3.63, 3.8) is 0 Å². The molecular weight excluding hydrogens is 292 g/mol. The Kier molecular flexibility index (Phi) is 4.78. The fourth-order valence-electron chi connectivity index (χ4n) is 2.66. The lowest BCUT2D eigenvalue weighted by molar-refractivity contribution is 0.0955. The number of ether oxygens (including phenoxy) is 1. The number of furan rings is 1. The third kappa shape index (κ3) is 3.46. The molecule has 0 atom stereocenters. The number of benzene rings is 1. The maximum Gasteiger partial charge on any atom is 0.251 e. The Morgan fingerprint density at radius 2 is 2.17 bits per heavy atom. The molecule has 0 bridgehead atoms. The molecule has 0 unspecified atom stereocenters. The van der Waals surface area contributed by atoms with Crippen molar-refractivity contribution in [3.8, 4) is 0 Å². The van der Waals surface area contributed by atoms with Crippen molar-refractivity contribution < 1.29 is 13.9 Å². The molecule has 23 heavy (non-hydrogen) atoms. The highest BCUT2D eigenvalue weighted by atomic mass is 16.5. The molecule has 5 heteroatoms. The van der Waals surface area contributed by atoms with E-state index in [4.69, 9.17) is 9.15 Å². The molecule has 0 aliphatic heterocycles. The lowest BCUT2D eigenvalue weighted by Gasteiger charge is -2.07. The standard InChI is InChI=1S/C18H20N2O3/c1-22-13-11-20-10-8-15-16(5-2-6-17(15)20)18(21)19-9-7-14-4-3-12-23-14/h2-6,8,10,12H,7,9,11,13H2,1H3,(H,19,21). The predicted octanol–water partition coefficient (Wildman–Crippen LogP) is 2.85. The van der Waals surface area contributed by atoms with Gasteiger partial charge in [-0.05, 0) is 30.3 Å². The lowest BCUT2D eigenvalue weighted by Crippen LogP contribution is -2.25. The normalized spacial score (nSPS) is 11.0. The minimum Gasteiger partial charge on any atom is -0.469 e. The number of fused-ring (bicyclic) bond motifs is 1. The van der Waals surface area contributed by atoms with Gasteiger partial charge in [0.25, 0.3) is 5.91 Å². The summed E-state index contributed by atoms with van der Waals surface area (Å²) in [5.74, 6) is 0.806. The average molecular weight is 312 g/mol. The molecule has 1 aromatic carbocycles. The van der Waals surface area contributed by atoms with Crippen LogP contribution >= 0.6 is 0 Å². The summed E-state index contributed by atoms with van der Waals surface area (Å²) in [6, 6.07) is 11.5. The van der Waals surface area contributed by atoms with Crippen LogP contribution in [-0.2, 0) is 17.7 Å². The van der Waals surface area contributed by atoms with Gasteiger partial charge in [0.15, 0.2) is 0 Å². The zero-order valence-electron chi connectivity index (χ0n) is 13.1. The van der Waals surface area contributed by atoms with Crippen LogP contribution in [0.1, 0.15) is 16.1 Å². The molecule has 0 fully saturated rings. The fraction of sp³-hybridized carbons (Fsp3) is 0.278. The van der Waals surface area contributed by atoms with Gasteiger partial charge in [-0.25, -0.2) is 0 Å². The van der Waals surface area contributed by atoms with Crippen LogP contribution in [0.4, 0.5) is 0 Å². The van der Waals surface area contributed by atoms with Crippen LogP contribution in [0.15, 0.2) is 53.3 Å². The third-order valence-corrected chi connectivity index (χ3v) is 3.83. The Bertz CT molecular complexity index is 775. The van der Waals surface area contributed by atoms with Crippen molar-refractivity contribution in [2.24, 2.45) is 0 Å². The number of methoxy groups -OCH3 is 1. The number of hydrogen-bond donors (Lipinski definition) is 1. The molecule has 2 aromatic heterocycles. The van der Waals surface area contributed by atoms with Gasteiger partial charge in [0, 0.05) is 49.3 Å². The number of rotatable bonds is 7. The topological polar surface area (TPSA) is 56.4 Å². The first-order chi connectivity index (χ1) is 11.3. The Hall–Kier alpha value is -2.53. The minimum atomic E-state index is -0.0633. The molecule has 0 aliphatic rings. The molecule has 2 heterocycles. The molecule has 3 aromatic rings. The summed E-state index contributed by atoms with van der Waals surface area (Å²) in [6.07, 6.45) is 4.31. The van der Waals surface area contributed by atoms with E-state index >= 15 is 0 Å². The quantitative estimate of drug-likeness (QED) is 0.730. The predicted molar refractivity (Wildman–Crippen MR) is 88.6 cm³/mol. The monoisotopic (exact) mass is 312 g/mol. The number of nitrogens with zero attached hydrogens (tertiary/aromatic N) is 1. The van der Waals surface area contributed by atoms with Gasteiger partial charge in [-0.1, -0.05) is 6.07 Å². The van der Waals surface area contributed by atoms with Crippen molar-refractivity contribution in [3.05, 3.63) is 60.2 Å². The van der Waals surface area contributed by atoms with Gasteiger partial charge in [-0.15, -0.1) is 0 Å². The summed E-state index contributed by atoms with van der Waals surface area (Å²) in [7, 11) is 1.68. The molecule has 5 nitrogen and oxygen atoms in total. The van der Waals surface area contributed by atoms with E-state index in [1.807, 2.05) is 42.6 Å². The van der Waals surface area contributed by atoms with E-state index in [-0.39, 0.29) is 5.91 Å². The largest absolute Gasteiger partial charge is 0.469 e. The molecule has 0 spiro atoms. The van der Waals surface area contributed by atoms with E-state index in [2.05, 4.69) is 9.88 Å². The fourth-order valence-corrected chi connectivity index (χ4v) is 2.66. The van der Waals surface area contributed by atoms with Crippen LogP contribution < -0.4 is 5.32 Å². The molecule has 3 rings (SSSR count). The van der Waals surface area contributed by atoms with Crippen molar-refractivity contribution in [2.75, 3.05) is 20.3 Å². The summed E-state index contributed by atoms with van der Waals surface area (Å²) in [5.41, 5.74) is 1.74. The van der Waals surface area contributed by atoms with Crippen molar-refractivity contribution >= 4 is 16.8 Å². The van der Waals surface area contributed by atoms with E-state index in [0.29, 0.717) is 25.1 Å². The summed E-state index contributed by atoms with van der Waals surface area (Å²) < 4.78 is 12.5. The highest BCUT2D eigenvalue weighted by molar-refractivity contribution is 6.06. The van der Waals surface area contributed by atoms with Crippen LogP contribution in [-0.4, -0.2) is 30.7 Å². The first-order valence-corrected chi connectivity index (χ1v) is 7.67. The molecule has 0 saturated carbocycles. The van der Waals surface area contributed by atoms with Gasteiger partial charge in [-0.2, -0.15) is 0 Å². The van der Waals surface area contributed by atoms with E-state index in [1.54, 1.807) is 13.4 Å². The first-order valence-electron chi connectivity index (χ1n) is 7.67. The Balaban J connectivity index is 1.71. The molecule has 0 radical (unpaired) electrons. The highest BCUT2D eigenvalue weighted by Gasteiger charge is 2.12. The number of aromatic nitrogens is 1. The zero-order valence-corrected chi connectivity index (χ0v) is 13.1. The second-order valence-electron chi connectivity index (χ2n) is 5.33. The van der Waals surface area contributed by atoms with Crippen LogP contribution in [0.2, 0.25) is 0 Å². The Morgan fingerprint density at radius 3 is 2.96 bits per heavy atom. The van der Waals surface area contributed by atoms with Crippen LogP contribution in [0.25, 0.3) is 10.9 Å². The smallest absolute Gasteiger partial charge is 0.251 e. The molecule has 0 aliphatic carbocycles. The maximum absolute atomic E-state index is 12.4.